The van der Waals surface area contributed by atoms with Crippen molar-refractivity contribution in [2.75, 3.05) is 11.5 Å². The van der Waals surface area contributed by atoms with Crippen LogP contribution in [-0.2, 0) is 4.79 Å². The van der Waals surface area contributed by atoms with E-state index in [1.54, 1.807) is 0 Å². The second-order valence-corrected chi connectivity index (χ2v) is 5.46. The Morgan fingerprint density at radius 1 is 1.62 bits per heavy atom. The summed E-state index contributed by atoms with van der Waals surface area (Å²) >= 11 is 6.18. The van der Waals surface area contributed by atoms with E-state index in [0.717, 1.165) is 12.2 Å². The van der Waals surface area contributed by atoms with Crippen LogP contribution in [0.2, 0.25) is 0 Å². The van der Waals surface area contributed by atoms with Crippen molar-refractivity contribution in [2.24, 2.45) is 5.92 Å². The Morgan fingerprint density at radius 2 is 2.31 bits per heavy atom. The molecule has 1 fully saturated rings. The fourth-order valence-electron chi connectivity index (χ4n) is 1.24. The lowest BCUT2D eigenvalue weighted by atomic mass is 10.1. The Labute approximate surface area is 89.6 Å². The minimum Gasteiger partial charge on any atom is -0.352 e. The summed E-state index contributed by atoms with van der Waals surface area (Å²) in [6.45, 7) is 4.03. The van der Waals surface area contributed by atoms with Gasteiger partial charge in [0.2, 0.25) is 5.91 Å². The molecule has 0 spiro atoms. The summed E-state index contributed by atoms with van der Waals surface area (Å²) in [6, 6.07) is 0.380. The lowest BCUT2D eigenvalue weighted by Gasteiger charge is -2.17. The molecule has 0 bridgehead atoms. The summed E-state index contributed by atoms with van der Waals surface area (Å²) in [5, 5.41) is 2.86. The number of carbonyl (C=O) groups is 1. The Morgan fingerprint density at radius 3 is 2.77 bits per heavy atom. The number of hydrogen-bond acceptors (Lipinski definition) is 3. The first kappa shape index (κ1) is 11.2. The molecule has 0 saturated carbocycles. The van der Waals surface area contributed by atoms with Gasteiger partial charge in [-0.25, -0.2) is 0 Å². The van der Waals surface area contributed by atoms with Crippen LogP contribution < -0.4 is 5.32 Å². The van der Waals surface area contributed by atoms with Crippen molar-refractivity contribution in [1.29, 1.82) is 0 Å². The summed E-state index contributed by atoms with van der Waals surface area (Å²) in [5.41, 5.74) is 0. The fraction of sp³-hybridized carbons (Fsp3) is 0.889. The van der Waals surface area contributed by atoms with Gasteiger partial charge in [0.1, 0.15) is 0 Å². The number of thiol groups is 1. The molecule has 4 heteroatoms. The lowest BCUT2D eigenvalue weighted by molar-refractivity contribution is -0.121. The molecule has 0 aromatic heterocycles. The highest BCUT2D eigenvalue weighted by atomic mass is 32.2. The van der Waals surface area contributed by atoms with E-state index in [1.807, 2.05) is 25.6 Å². The molecule has 1 heterocycles. The van der Waals surface area contributed by atoms with Gasteiger partial charge in [0.05, 0.1) is 5.25 Å². The Bertz CT molecular complexity index is 178. The molecule has 0 radical (unpaired) electrons. The molecule has 13 heavy (non-hydrogen) atoms. The molecule has 1 saturated heterocycles. The SMILES string of the molecule is CC(C)C(S)C(=O)NC1CCSC1. The van der Waals surface area contributed by atoms with Crippen molar-refractivity contribution in [2.45, 2.75) is 31.6 Å². The van der Waals surface area contributed by atoms with Gasteiger partial charge in [-0.05, 0) is 18.1 Å². The average Bonchev–Trinajstić information content (AvgIpc) is 2.55. The normalized spacial score (nSPS) is 24.8. The zero-order valence-electron chi connectivity index (χ0n) is 8.12. The number of amides is 1. The van der Waals surface area contributed by atoms with Crippen molar-refractivity contribution in [3.8, 4) is 0 Å². The zero-order chi connectivity index (χ0) is 9.84. The molecule has 1 N–H and O–H groups in total. The van der Waals surface area contributed by atoms with Gasteiger partial charge in [-0.2, -0.15) is 24.4 Å². The third kappa shape index (κ3) is 3.43. The first-order chi connectivity index (χ1) is 6.11. The molecule has 76 valence electrons. The largest absolute Gasteiger partial charge is 0.352 e. The van der Waals surface area contributed by atoms with Crippen LogP contribution in [0.4, 0.5) is 0 Å². The van der Waals surface area contributed by atoms with Gasteiger partial charge >= 0.3 is 0 Å². The maximum atomic E-state index is 11.5. The summed E-state index contributed by atoms with van der Waals surface area (Å²) in [4.78, 5) is 11.5. The average molecular weight is 219 g/mol. The van der Waals surface area contributed by atoms with E-state index in [2.05, 4.69) is 17.9 Å². The van der Waals surface area contributed by atoms with Gasteiger partial charge in [0.15, 0.2) is 0 Å². The van der Waals surface area contributed by atoms with Gasteiger partial charge in [0.25, 0.3) is 0 Å². The molecule has 1 rings (SSSR count). The maximum Gasteiger partial charge on any atom is 0.233 e. The monoisotopic (exact) mass is 219 g/mol. The summed E-state index contributed by atoms with van der Waals surface area (Å²) in [7, 11) is 0. The summed E-state index contributed by atoms with van der Waals surface area (Å²) in [5.74, 6) is 2.62. The molecule has 1 aliphatic rings. The highest BCUT2D eigenvalue weighted by Crippen LogP contribution is 2.18. The number of nitrogens with one attached hydrogen (secondary N) is 1. The van der Waals surface area contributed by atoms with Crippen LogP contribution in [0.15, 0.2) is 0 Å². The second kappa shape index (κ2) is 5.15. The smallest absolute Gasteiger partial charge is 0.233 e. The van der Waals surface area contributed by atoms with E-state index in [1.165, 1.54) is 5.75 Å². The zero-order valence-corrected chi connectivity index (χ0v) is 9.83. The number of rotatable bonds is 3. The van der Waals surface area contributed by atoms with Crippen molar-refractivity contribution in [1.82, 2.24) is 5.32 Å². The molecule has 2 unspecified atom stereocenters. The van der Waals surface area contributed by atoms with Gasteiger partial charge in [-0.3, -0.25) is 4.79 Å². The number of thioether (sulfide) groups is 1. The Balaban J connectivity index is 2.31. The first-order valence-electron chi connectivity index (χ1n) is 4.67. The van der Waals surface area contributed by atoms with E-state index < -0.39 is 0 Å². The van der Waals surface area contributed by atoms with Gasteiger partial charge in [-0.15, -0.1) is 0 Å². The van der Waals surface area contributed by atoms with Crippen LogP contribution in [0.5, 0.6) is 0 Å². The van der Waals surface area contributed by atoms with Crippen LogP contribution in [0, 0.1) is 5.92 Å². The third-order valence-electron chi connectivity index (χ3n) is 2.18. The predicted molar refractivity (Wildman–Crippen MR) is 61.5 cm³/mol. The van der Waals surface area contributed by atoms with E-state index in [-0.39, 0.29) is 11.2 Å². The van der Waals surface area contributed by atoms with Gasteiger partial charge in [-0.1, -0.05) is 13.8 Å². The number of carbonyl (C=O) groups excluding carboxylic acids is 1. The Kier molecular flexibility index (Phi) is 4.46. The molecular formula is C9H17NOS2. The molecule has 0 aromatic carbocycles. The van der Waals surface area contributed by atoms with Crippen LogP contribution in [0.1, 0.15) is 20.3 Å². The quantitative estimate of drug-likeness (QED) is 0.705. The van der Waals surface area contributed by atoms with Crippen LogP contribution in [-0.4, -0.2) is 28.7 Å². The standard InChI is InChI=1S/C9H17NOS2/c1-6(2)8(12)9(11)10-7-3-4-13-5-7/h6-8,12H,3-5H2,1-2H3,(H,10,11). The topological polar surface area (TPSA) is 29.1 Å². The van der Waals surface area contributed by atoms with Gasteiger partial charge < -0.3 is 5.32 Å². The molecular weight excluding hydrogens is 202 g/mol. The van der Waals surface area contributed by atoms with E-state index in [9.17, 15) is 4.79 Å². The molecule has 1 aliphatic heterocycles. The molecule has 1 amide bonds. The molecule has 2 nitrogen and oxygen atoms in total. The molecule has 0 aromatic rings. The van der Waals surface area contributed by atoms with E-state index >= 15 is 0 Å². The van der Waals surface area contributed by atoms with E-state index in [0.29, 0.717) is 12.0 Å². The molecule has 2 atom stereocenters. The Hall–Kier alpha value is 0.170. The predicted octanol–water partition coefficient (Wildman–Crippen LogP) is 1.56. The third-order valence-corrected chi connectivity index (χ3v) is 4.17. The highest BCUT2D eigenvalue weighted by molar-refractivity contribution is 7.99. The minimum atomic E-state index is -0.161. The second-order valence-electron chi connectivity index (χ2n) is 3.76. The maximum absolute atomic E-state index is 11.5. The highest BCUT2D eigenvalue weighted by Gasteiger charge is 2.22. The fourth-order valence-corrected chi connectivity index (χ4v) is 2.46. The van der Waals surface area contributed by atoms with Crippen molar-refractivity contribution in [3.63, 3.8) is 0 Å². The van der Waals surface area contributed by atoms with Crippen molar-refractivity contribution in [3.05, 3.63) is 0 Å². The van der Waals surface area contributed by atoms with Crippen LogP contribution in [0.25, 0.3) is 0 Å². The first-order valence-corrected chi connectivity index (χ1v) is 6.34. The van der Waals surface area contributed by atoms with Crippen LogP contribution in [0.3, 0.4) is 0 Å². The minimum absolute atomic E-state index is 0.0887. The summed E-state index contributed by atoms with van der Waals surface area (Å²) < 4.78 is 0. The van der Waals surface area contributed by atoms with Gasteiger partial charge in [0, 0.05) is 11.8 Å². The number of hydrogen-bond donors (Lipinski definition) is 2. The van der Waals surface area contributed by atoms with Crippen LogP contribution >= 0.6 is 24.4 Å². The van der Waals surface area contributed by atoms with E-state index in [4.69, 9.17) is 0 Å². The van der Waals surface area contributed by atoms with Crippen molar-refractivity contribution >= 4 is 30.3 Å². The lowest BCUT2D eigenvalue weighted by Crippen LogP contribution is -2.41. The van der Waals surface area contributed by atoms with Crippen molar-refractivity contribution < 1.29 is 4.79 Å². The molecule has 0 aliphatic carbocycles. The summed E-state index contributed by atoms with van der Waals surface area (Å²) in [6.07, 6.45) is 1.11.